The van der Waals surface area contributed by atoms with Crippen LogP contribution in [0.3, 0.4) is 0 Å². The molecule has 18 heavy (non-hydrogen) atoms. The van der Waals surface area contributed by atoms with Gasteiger partial charge in [-0.05, 0) is 24.3 Å². The molecule has 0 saturated carbocycles. The quantitative estimate of drug-likeness (QED) is 0.760. The van der Waals surface area contributed by atoms with E-state index in [4.69, 9.17) is 0 Å². The van der Waals surface area contributed by atoms with Gasteiger partial charge in [0.1, 0.15) is 5.52 Å². The third kappa shape index (κ3) is 1.98. The van der Waals surface area contributed by atoms with E-state index in [2.05, 4.69) is 10.3 Å². The van der Waals surface area contributed by atoms with E-state index in [0.29, 0.717) is 5.56 Å². The van der Waals surface area contributed by atoms with Crippen LogP contribution in [0.15, 0.2) is 54.0 Å². The topological polar surface area (TPSA) is 42.0 Å². The van der Waals surface area contributed by atoms with Gasteiger partial charge < -0.3 is 5.32 Å². The number of rotatable bonds is 2. The molecule has 0 saturated heterocycles. The Kier molecular flexibility index (Phi) is 2.78. The average molecular weight is 254 g/mol. The minimum absolute atomic E-state index is 0.115. The van der Waals surface area contributed by atoms with Gasteiger partial charge in [-0.1, -0.05) is 24.3 Å². The van der Waals surface area contributed by atoms with Crippen LogP contribution in [0.1, 0.15) is 10.4 Å². The monoisotopic (exact) mass is 254 g/mol. The number of anilines is 1. The number of hydrogen-bond donors (Lipinski definition) is 1. The smallest absolute Gasteiger partial charge is 0.255 e. The summed E-state index contributed by atoms with van der Waals surface area (Å²) < 4.78 is 1.07. The normalized spacial score (nSPS) is 10.4. The lowest BCUT2D eigenvalue weighted by molar-refractivity contribution is 0.102. The van der Waals surface area contributed by atoms with Crippen LogP contribution in [0, 0.1) is 0 Å². The molecule has 0 atom stereocenters. The summed E-state index contributed by atoms with van der Waals surface area (Å²) in [6, 6.07) is 14.9. The number of hydrogen-bond acceptors (Lipinski definition) is 3. The van der Waals surface area contributed by atoms with Crippen LogP contribution in [0.25, 0.3) is 10.2 Å². The molecule has 1 heterocycles. The number of amides is 1. The van der Waals surface area contributed by atoms with Crippen molar-refractivity contribution in [2.45, 2.75) is 0 Å². The second kappa shape index (κ2) is 4.58. The average Bonchev–Trinajstić information content (AvgIpc) is 2.89. The number of fused-ring (bicyclic) bond motifs is 1. The zero-order valence-electron chi connectivity index (χ0n) is 9.46. The van der Waals surface area contributed by atoms with Crippen molar-refractivity contribution < 1.29 is 4.79 Å². The molecule has 0 aliphatic rings. The van der Waals surface area contributed by atoms with Gasteiger partial charge in [-0.25, -0.2) is 4.98 Å². The third-order valence-corrected chi connectivity index (χ3v) is 3.44. The van der Waals surface area contributed by atoms with Crippen molar-refractivity contribution in [2.75, 3.05) is 5.32 Å². The van der Waals surface area contributed by atoms with E-state index in [1.54, 1.807) is 29.0 Å². The van der Waals surface area contributed by atoms with Crippen molar-refractivity contribution in [3.8, 4) is 0 Å². The highest BCUT2D eigenvalue weighted by molar-refractivity contribution is 7.16. The first-order valence-corrected chi connectivity index (χ1v) is 6.41. The standard InChI is InChI=1S/C14H10N2OS/c17-14(10-5-2-1-3-6-10)16-11-7-4-8-12-13(11)15-9-18-12/h1-9H,(H,16,17). The second-order valence-electron chi connectivity index (χ2n) is 3.82. The first-order valence-electron chi connectivity index (χ1n) is 5.53. The van der Waals surface area contributed by atoms with E-state index < -0.39 is 0 Å². The molecular weight excluding hydrogens is 244 g/mol. The van der Waals surface area contributed by atoms with Crippen LogP contribution >= 0.6 is 11.3 Å². The molecule has 88 valence electrons. The van der Waals surface area contributed by atoms with E-state index in [1.165, 1.54) is 0 Å². The van der Waals surface area contributed by atoms with Crippen molar-refractivity contribution in [3.05, 3.63) is 59.6 Å². The Morgan fingerprint density at radius 2 is 1.89 bits per heavy atom. The number of aromatic nitrogens is 1. The lowest BCUT2D eigenvalue weighted by Crippen LogP contribution is -2.11. The van der Waals surface area contributed by atoms with Crippen LogP contribution in [-0.4, -0.2) is 10.9 Å². The molecule has 0 spiro atoms. The second-order valence-corrected chi connectivity index (χ2v) is 4.71. The highest BCUT2D eigenvalue weighted by Gasteiger charge is 2.08. The fourth-order valence-electron chi connectivity index (χ4n) is 1.77. The molecule has 0 bridgehead atoms. The summed E-state index contributed by atoms with van der Waals surface area (Å²) in [7, 11) is 0. The number of para-hydroxylation sites is 1. The Bertz CT molecular complexity index is 691. The predicted octanol–water partition coefficient (Wildman–Crippen LogP) is 3.55. The molecular formula is C14H10N2OS. The summed E-state index contributed by atoms with van der Waals surface area (Å²) in [5.41, 5.74) is 4.02. The number of thiazole rings is 1. The molecule has 1 N–H and O–H groups in total. The number of carbonyl (C=O) groups is 1. The molecule has 0 fully saturated rings. The maximum absolute atomic E-state index is 12.0. The summed E-state index contributed by atoms with van der Waals surface area (Å²) >= 11 is 1.56. The van der Waals surface area contributed by atoms with Crippen molar-refractivity contribution in [3.63, 3.8) is 0 Å². The zero-order valence-corrected chi connectivity index (χ0v) is 10.3. The summed E-state index contributed by atoms with van der Waals surface area (Å²) in [4.78, 5) is 16.3. The molecule has 0 aliphatic carbocycles. The summed E-state index contributed by atoms with van der Waals surface area (Å²) in [5, 5.41) is 2.89. The van der Waals surface area contributed by atoms with E-state index in [-0.39, 0.29) is 5.91 Å². The Labute approximate surface area is 108 Å². The van der Waals surface area contributed by atoms with Crippen LogP contribution in [0.2, 0.25) is 0 Å². The SMILES string of the molecule is O=C(Nc1cccc2scnc12)c1ccccc1. The number of nitrogens with one attached hydrogen (secondary N) is 1. The molecule has 3 rings (SSSR count). The molecule has 3 nitrogen and oxygen atoms in total. The van der Waals surface area contributed by atoms with Crippen LogP contribution < -0.4 is 5.32 Å². The first kappa shape index (κ1) is 10.9. The third-order valence-electron chi connectivity index (χ3n) is 2.64. The molecule has 1 amide bonds. The molecule has 0 radical (unpaired) electrons. The minimum atomic E-state index is -0.115. The summed E-state index contributed by atoms with van der Waals surface area (Å²) in [6.45, 7) is 0. The van der Waals surface area contributed by atoms with Gasteiger partial charge in [-0.2, -0.15) is 0 Å². The van der Waals surface area contributed by atoms with Crippen molar-refractivity contribution in [1.29, 1.82) is 0 Å². The van der Waals surface area contributed by atoms with Crippen molar-refractivity contribution in [1.82, 2.24) is 4.98 Å². The molecule has 1 aromatic heterocycles. The van der Waals surface area contributed by atoms with Crippen molar-refractivity contribution in [2.24, 2.45) is 0 Å². The fraction of sp³-hybridized carbons (Fsp3) is 0. The Balaban J connectivity index is 1.93. The summed E-state index contributed by atoms with van der Waals surface area (Å²) in [5.74, 6) is -0.115. The van der Waals surface area contributed by atoms with Gasteiger partial charge in [-0.3, -0.25) is 4.79 Å². The fourth-order valence-corrected chi connectivity index (χ4v) is 2.47. The zero-order chi connectivity index (χ0) is 12.4. The summed E-state index contributed by atoms with van der Waals surface area (Å²) in [6.07, 6.45) is 0. The molecule has 4 heteroatoms. The number of nitrogens with zero attached hydrogens (tertiary/aromatic N) is 1. The maximum atomic E-state index is 12.0. The number of carbonyl (C=O) groups excluding carboxylic acids is 1. The van der Waals surface area contributed by atoms with Gasteiger partial charge in [0.25, 0.3) is 5.91 Å². The van der Waals surface area contributed by atoms with Crippen LogP contribution in [-0.2, 0) is 0 Å². The van der Waals surface area contributed by atoms with Crippen LogP contribution in [0.5, 0.6) is 0 Å². The number of benzene rings is 2. The molecule has 0 unspecified atom stereocenters. The predicted molar refractivity (Wildman–Crippen MR) is 74.0 cm³/mol. The Hall–Kier alpha value is -2.20. The van der Waals surface area contributed by atoms with Gasteiger partial charge in [0.2, 0.25) is 0 Å². The molecule has 0 aliphatic heterocycles. The lowest BCUT2D eigenvalue weighted by atomic mass is 10.2. The van der Waals surface area contributed by atoms with Gasteiger partial charge >= 0.3 is 0 Å². The van der Waals surface area contributed by atoms with Crippen molar-refractivity contribution >= 4 is 33.1 Å². The maximum Gasteiger partial charge on any atom is 0.255 e. The lowest BCUT2D eigenvalue weighted by Gasteiger charge is -2.05. The first-order chi connectivity index (χ1) is 8.84. The Morgan fingerprint density at radius 1 is 1.06 bits per heavy atom. The van der Waals surface area contributed by atoms with Gasteiger partial charge in [0, 0.05) is 5.56 Å². The highest BCUT2D eigenvalue weighted by atomic mass is 32.1. The van der Waals surface area contributed by atoms with Crippen LogP contribution in [0.4, 0.5) is 5.69 Å². The van der Waals surface area contributed by atoms with E-state index in [0.717, 1.165) is 15.9 Å². The Morgan fingerprint density at radius 3 is 2.72 bits per heavy atom. The van der Waals surface area contributed by atoms with Gasteiger partial charge in [0.05, 0.1) is 15.9 Å². The van der Waals surface area contributed by atoms with Gasteiger partial charge in [-0.15, -0.1) is 11.3 Å². The molecule has 3 aromatic rings. The van der Waals surface area contributed by atoms with Gasteiger partial charge in [0.15, 0.2) is 0 Å². The molecule has 2 aromatic carbocycles. The van der Waals surface area contributed by atoms with E-state index >= 15 is 0 Å². The largest absolute Gasteiger partial charge is 0.320 e. The van der Waals surface area contributed by atoms with E-state index in [9.17, 15) is 4.79 Å². The van der Waals surface area contributed by atoms with E-state index in [1.807, 2.05) is 36.4 Å². The minimum Gasteiger partial charge on any atom is -0.320 e. The highest BCUT2D eigenvalue weighted by Crippen LogP contribution is 2.25.